The molecule has 1 amide bonds. The van der Waals surface area contributed by atoms with E-state index in [1.165, 1.54) is 23.5 Å². The maximum atomic E-state index is 12.9. The van der Waals surface area contributed by atoms with Crippen LogP contribution in [0.2, 0.25) is 0 Å². The number of nitrogens with zero attached hydrogens (tertiary/aromatic N) is 1. The van der Waals surface area contributed by atoms with E-state index in [9.17, 15) is 13.2 Å². The molecule has 7 nitrogen and oxygen atoms in total. The molecule has 30 heavy (non-hydrogen) atoms. The number of ether oxygens (including phenoxy) is 2. The van der Waals surface area contributed by atoms with E-state index in [-0.39, 0.29) is 10.8 Å². The molecular formula is C21H22N2O5S2. The monoisotopic (exact) mass is 446 g/mol. The number of aromatic nitrogens is 1. The van der Waals surface area contributed by atoms with Crippen molar-refractivity contribution in [1.29, 1.82) is 0 Å². The number of anilines is 1. The minimum Gasteiger partial charge on any atom is -0.493 e. The van der Waals surface area contributed by atoms with E-state index in [2.05, 4.69) is 10.3 Å². The highest BCUT2D eigenvalue weighted by Gasteiger charge is 2.19. The van der Waals surface area contributed by atoms with Gasteiger partial charge in [0, 0.05) is 17.5 Å². The molecule has 0 fully saturated rings. The van der Waals surface area contributed by atoms with Crippen molar-refractivity contribution >= 4 is 32.8 Å². The summed E-state index contributed by atoms with van der Waals surface area (Å²) in [5, 5.41) is 3.47. The molecule has 0 saturated carbocycles. The van der Waals surface area contributed by atoms with Crippen LogP contribution in [0.25, 0.3) is 10.6 Å². The van der Waals surface area contributed by atoms with Crippen LogP contribution in [0, 0.1) is 13.8 Å². The molecule has 0 radical (unpaired) electrons. The largest absolute Gasteiger partial charge is 0.493 e. The molecule has 1 N–H and O–H groups in total. The molecule has 0 bridgehead atoms. The number of rotatable bonds is 6. The third-order valence-electron chi connectivity index (χ3n) is 4.52. The molecule has 9 heteroatoms. The van der Waals surface area contributed by atoms with Crippen LogP contribution in [0.3, 0.4) is 0 Å². The van der Waals surface area contributed by atoms with Crippen LogP contribution in [-0.4, -0.2) is 39.8 Å². The van der Waals surface area contributed by atoms with Gasteiger partial charge >= 0.3 is 0 Å². The second-order valence-electron chi connectivity index (χ2n) is 6.71. The number of sulfone groups is 1. The maximum absolute atomic E-state index is 12.9. The number of benzene rings is 2. The van der Waals surface area contributed by atoms with Crippen molar-refractivity contribution in [3.63, 3.8) is 0 Å². The van der Waals surface area contributed by atoms with E-state index >= 15 is 0 Å². The van der Waals surface area contributed by atoms with Crippen molar-refractivity contribution in [1.82, 2.24) is 4.98 Å². The van der Waals surface area contributed by atoms with E-state index in [1.807, 2.05) is 6.07 Å². The number of carbonyl (C=O) groups is 1. The minimum atomic E-state index is -3.38. The zero-order valence-electron chi connectivity index (χ0n) is 17.3. The average Bonchev–Trinajstić information content (AvgIpc) is 3.10. The summed E-state index contributed by atoms with van der Waals surface area (Å²) in [6.45, 7) is 3.56. The quantitative estimate of drug-likeness (QED) is 0.613. The summed E-state index contributed by atoms with van der Waals surface area (Å²) in [6, 6.07) is 10.1. The third kappa shape index (κ3) is 4.47. The van der Waals surface area contributed by atoms with Crippen molar-refractivity contribution in [2.24, 2.45) is 0 Å². The van der Waals surface area contributed by atoms with Crippen LogP contribution in [-0.2, 0) is 9.84 Å². The van der Waals surface area contributed by atoms with Gasteiger partial charge in [-0.2, -0.15) is 0 Å². The highest BCUT2D eigenvalue weighted by Crippen LogP contribution is 2.35. The van der Waals surface area contributed by atoms with Crippen LogP contribution in [0.5, 0.6) is 11.5 Å². The molecule has 1 aromatic heterocycles. The molecule has 0 atom stereocenters. The fourth-order valence-electron chi connectivity index (χ4n) is 2.85. The van der Waals surface area contributed by atoms with Crippen LogP contribution >= 0.6 is 11.3 Å². The zero-order chi connectivity index (χ0) is 22.1. The Balaban J connectivity index is 1.92. The van der Waals surface area contributed by atoms with Gasteiger partial charge < -0.3 is 14.8 Å². The lowest BCUT2D eigenvalue weighted by molar-refractivity contribution is 0.102. The number of hydrogen-bond donors (Lipinski definition) is 1. The van der Waals surface area contributed by atoms with E-state index in [4.69, 9.17) is 9.47 Å². The Morgan fingerprint density at radius 2 is 1.73 bits per heavy atom. The van der Waals surface area contributed by atoms with Gasteiger partial charge in [0.15, 0.2) is 21.3 Å². The van der Waals surface area contributed by atoms with E-state index in [0.29, 0.717) is 32.8 Å². The molecule has 0 aliphatic rings. The normalized spacial score (nSPS) is 11.2. The van der Waals surface area contributed by atoms with Crippen molar-refractivity contribution in [2.45, 2.75) is 18.7 Å². The smallest absolute Gasteiger partial charge is 0.267 e. The first-order valence-electron chi connectivity index (χ1n) is 8.96. The number of nitrogens with one attached hydrogen (secondary N) is 1. The first-order chi connectivity index (χ1) is 14.1. The van der Waals surface area contributed by atoms with Gasteiger partial charge in [-0.3, -0.25) is 4.79 Å². The topological polar surface area (TPSA) is 94.6 Å². The Kier molecular flexibility index (Phi) is 6.14. The number of carbonyl (C=O) groups excluding carboxylic acids is 1. The number of thiazole rings is 1. The number of aryl methyl sites for hydroxylation is 2. The molecule has 0 saturated heterocycles. The van der Waals surface area contributed by atoms with Gasteiger partial charge in [-0.1, -0.05) is 6.07 Å². The molecule has 2 aromatic carbocycles. The predicted molar refractivity (Wildman–Crippen MR) is 118 cm³/mol. The summed E-state index contributed by atoms with van der Waals surface area (Å²) in [6.07, 6.45) is 1.13. The van der Waals surface area contributed by atoms with Crippen molar-refractivity contribution in [3.05, 3.63) is 52.5 Å². The average molecular weight is 447 g/mol. The zero-order valence-corrected chi connectivity index (χ0v) is 18.9. The first kappa shape index (κ1) is 21.8. The van der Waals surface area contributed by atoms with E-state index in [0.717, 1.165) is 17.4 Å². The summed E-state index contributed by atoms with van der Waals surface area (Å²) in [5.74, 6) is 0.835. The maximum Gasteiger partial charge on any atom is 0.267 e. The number of methoxy groups -OCH3 is 2. The van der Waals surface area contributed by atoms with Crippen molar-refractivity contribution < 1.29 is 22.7 Å². The highest BCUT2D eigenvalue weighted by molar-refractivity contribution is 7.90. The lowest BCUT2D eigenvalue weighted by Crippen LogP contribution is -2.13. The third-order valence-corrected chi connectivity index (χ3v) is 6.83. The van der Waals surface area contributed by atoms with Gasteiger partial charge in [0.25, 0.3) is 5.91 Å². The van der Waals surface area contributed by atoms with Gasteiger partial charge in [-0.25, -0.2) is 13.4 Å². The summed E-state index contributed by atoms with van der Waals surface area (Å²) >= 11 is 1.25. The van der Waals surface area contributed by atoms with Gasteiger partial charge in [0.1, 0.15) is 9.88 Å². The molecule has 158 valence electrons. The summed E-state index contributed by atoms with van der Waals surface area (Å²) in [7, 11) is -0.258. The minimum absolute atomic E-state index is 0.149. The molecule has 0 aliphatic carbocycles. The Bertz CT molecular complexity index is 1220. The Hall–Kier alpha value is -2.91. The molecule has 0 aliphatic heterocycles. The van der Waals surface area contributed by atoms with Crippen LogP contribution < -0.4 is 14.8 Å². The van der Waals surface area contributed by atoms with Crippen molar-refractivity contribution in [3.8, 4) is 22.1 Å². The predicted octanol–water partition coefficient (Wildman–Crippen LogP) is 4.10. The van der Waals surface area contributed by atoms with Crippen LogP contribution in [0.15, 0.2) is 41.3 Å². The van der Waals surface area contributed by atoms with Crippen molar-refractivity contribution in [2.75, 3.05) is 25.8 Å². The molecule has 3 aromatic rings. The van der Waals surface area contributed by atoms with E-state index in [1.54, 1.807) is 46.3 Å². The van der Waals surface area contributed by atoms with Gasteiger partial charge in [-0.15, -0.1) is 11.3 Å². The Labute approximate surface area is 179 Å². The van der Waals surface area contributed by atoms with Gasteiger partial charge in [-0.05, 0) is 49.7 Å². The highest BCUT2D eigenvalue weighted by atomic mass is 32.2. The summed E-state index contributed by atoms with van der Waals surface area (Å²) in [5.41, 5.74) is 2.59. The fraction of sp³-hybridized carbons (Fsp3) is 0.238. The second-order valence-corrected chi connectivity index (χ2v) is 9.72. The standard InChI is InChI=1S/C21H22N2O5S2/c1-12-6-8-15(30(5,25)26)11-16(12)23-20(24)19-13(2)22-21(29-19)14-7-9-17(27-3)18(10-14)28-4/h6-11H,1-5H3,(H,23,24). The lowest BCUT2D eigenvalue weighted by Gasteiger charge is -2.09. The Morgan fingerprint density at radius 1 is 1.03 bits per heavy atom. The number of amides is 1. The summed E-state index contributed by atoms with van der Waals surface area (Å²) < 4.78 is 34.2. The number of hydrogen-bond acceptors (Lipinski definition) is 7. The van der Waals surface area contributed by atoms with Gasteiger partial charge in [0.2, 0.25) is 0 Å². The molecule has 3 rings (SSSR count). The SMILES string of the molecule is COc1ccc(-c2nc(C)c(C(=O)Nc3cc(S(C)(=O)=O)ccc3C)s2)cc1OC. The molecule has 1 heterocycles. The van der Waals surface area contributed by atoms with Gasteiger partial charge in [0.05, 0.1) is 24.8 Å². The lowest BCUT2D eigenvalue weighted by atomic mass is 10.2. The molecule has 0 spiro atoms. The second kappa shape index (κ2) is 8.45. The molecular weight excluding hydrogens is 424 g/mol. The first-order valence-corrected chi connectivity index (χ1v) is 11.7. The Morgan fingerprint density at radius 3 is 2.37 bits per heavy atom. The fourth-order valence-corrected chi connectivity index (χ4v) is 4.45. The van der Waals surface area contributed by atoms with Crippen LogP contribution in [0.4, 0.5) is 5.69 Å². The van der Waals surface area contributed by atoms with E-state index < -0.39 is 9.84 Å². The summed E-state index contributed by atoms with van der Waals surface area (Å²) in [4.78, 5) is 18.0. The molecule has 0 unspecified atom stereocenters. The van der Waals surface area contributed by atoms with Crippen LogP contribution in [0.1, 0.15) is 20.9 Å².